The number of ether oxygens (including phenoxy) is 1. The third-order valence-electron chi connectivity index (χ3n) is 4.69. The Morgan fingerprint density at radius 2 is 1.93 bits per heavy atom. The highest BCUT2D eigenvalue weighted by Gasteiger charge is 2.30. The number of hydrogen-bond acceptors (Lipinski definition) is 4. The Kier molecular flexibility index (Phi) is 4.85. The van der Waals surface area contributed by atoms with Crippen molar-refractivity contribution in [1.29, 1.82) is 0 Å². The molecule has 1 heterocycles. The first-order valence-corrected chi connectivity index (χ1v) is 8.73. The highest BCUT2D eigenvalue weighted by atomic mass is 19.1. The molecule has 0 radical (unpaired) electrons. The SMILES string of the molecule is COc1ccc(-c2ccccc2)cc1NC(=O)c1cc2c(cc1F)COB2O. The fourth-order valence-electron chi connectivity index (χ4n) is 3.22. The minimum Gasteiger partial charge on any atom is -0.495 e. The number of carbonyl (C=O) groups is 1. The van der Waals surface area contributed by atoms with E-state index in [4.69, 9.17) is 9.39 Å². The smallest absolute Gasteiger partial charge is 0.491 e. The number of nitrogens with one attached hydrogen (secondary N) is 1. The molecule has 140 valence electrons. The van der Waals surface area contributed by atoms with E-state index in [0.717, 1.165) is 11.1 Å². The summed E-state index contributed by atoms with van der Waals surface area (Å²) in [6, 6.07) is 17.6. The molecule has 5 nitrogen and oxygen atoms in total. The molecule has 0 spiro atoms. The minimum absolute atomic E-state index is 0.113. The zero-order valence-corrected chi connectivity index (χ0v) is 15.1. The van der Waals surface area contributed by atoms with Gasteiger partial charge in [0.25, 0.3) is 5.91 Å². The van der Waals surface area contributed by atoms with Crippen LogP contribution in [0, 0.1) is 5.82 Å². The Labute approximate surface area is 161 Å². The summed E-state index contributed by atoms with van der Waals surface area (Å²) in [5.74, 6) is -0.854. The zero-order chi connectivity index (χ0) is 19.7. The van der Waals surface area contributed by atoms with E-state index >= 15 is 0 Å². The number of halogens is 1. The lowest BCUT2D eigenvalue weighted by atomic mass is 9.78. The first-order chi connectivity index (χ1) is 13.6. The molecule has 7 heteroatoms. The maximum absolute atomic E-state index is 14.4. The molecule has 1 amide bonds. The molecule has 0 fully saturated rings. The van der Waals surface area contributed by atoms with E-state index < -0.39 is 18.8 Å². The van der Waals surface area contributed by atoms with Gasteiger partial charge in [-0.05, 0) is 46.4 Å². The Hall–Kier alpha value is -3.16. The monoisotopic (exact) mass is 377 g/mol. The van der Waals surface area contributed by atoms with Crippen molar-refractivity contribution in [3.63, 3.8) is 0 Å². The molecule has 1 aliphatic rings. The lowest BCUT2D eigenvalue weighted by Crippen LogP contribution is -2.30. The van der Waals surface area contributed by atoms with E-state index in [-0.39, 0.29) is 12.2 Å². The molecule has 1 aliphatic heterocycles. The highest BCUT2D eigenvalue weighted by molar-refractivity contribution is 6.61. The van der Waals surface area contributed by atoms with Crippen LogP contribution in [0.3, 0.4) is 0 Å². The Morgan fingerprint density at radius 3 is 2.68 bits per heavy atom. The summed E-state index contributed by atoms with van der Waals surface area (Å²) >= 11 is 0. The van der Waals surface area contributed by atoms with Crippen LogP contribution in [0.15, 0.2) is 60.7 Å². The van der Waals surface area contributed by atoms with Gasteiger partial charge in [0.05, 0.1) is 25.0 Å². The molecular weight excluding hydrogens is 360 g/mol. The van der Waals surface area contributed by atoms with Gasteiger partial charge in [-0.2, -0.15) is 0 Å². The van der Waals surface area contributed by atoms with E-state index in [0.29, 0.717) is 22.5 Å². The van der Waals surface area contributed by atoms with Crippen molar-refractivity contribution in [2.75, 3.05) is 12.4 Å². The number of benzene rings is 3. The number of hydrogen-bond donors (Lipinski definition) is 2. The van der Waals surface area contributed by atoms with Crippen LogP contribution in [0.4, 0.5) is 10.1 Å². The van der Waals surface area contributed by atoms with Gasteiger partial charge in [0.1, 0.15) is 11.6 Å². The van der Waals surface area contributed by atoms with Crippen molar-refractivity contribution in [2.24, 2.45) is 0 Å². The molecule has 3 aromatic rings. The third kappa shape index (κ3) is 3.37. The van der Waals surface area contributed by atoms with Crippen LogP contribution in [-0.2, 0) is 11.3 Å². The maximum atomic E-state index is 14.4. The summed E-state index contributed by atoms with van der Waals surface area (Å²) in [4.78, 5) is 12.7. The van der Waals surface area contributed by atoms with Crippen molar-refractivity contribution >= 4 is 24.2 Å². The number of rotatable bonds is 4. The van der Waals surface area contributed by atoms with Crippen molar-refractivity contribution in [1.82, 2.24) is 0 Å². The standard InChI is InChI=1S/C21H17BFNO4/c1-27-20-8-7-14(13-5-3-2-4-6-13)10-19(20)24-21(25)16-11-17-15(9-18(16)23)12-28-22(17)26/h2-11,26H,12H2,1H3,(H,24,25). The summed E-state index contributed by atoms with van der Waals surface area (Å²) in [5.41, 5.74) is 3.04. The van der Waals surface area contributed by atoms with Gasteiger partial charge in [0.15, 0.2) is 0 Å². The van der Waals surface area contributed by atoms with Crippen molar-refractivity contribution in [3.05, 3.63) is 77.6 Å². The zero-order valence-electron chi connectivity index (χ0n) is 15.1. The third-order valence-corrected chi connectivity index (χ3v) is 4.69. The summed E-state index contributed by atoms with van der Waals surface area (Å²) in [5, 5.41) is 12.5. The fourth-order valence-corrected chi connectivity index (χ4v) is 3.22. The second kappa shape index (κ2) is 7.46. The topological polar surface area (TPSA) is 67.8 Å². The highest BCUT2D eigenvalue weighted by Crippen LogP contribution is 2.31. The predicted molar refractivity (Wildman–Crippen MR) is 105 cm³/mol. The van der Waals surface area contributed by atoms with Gasteiger partial charge in [-0.15, -0.1) is 0 Å². The Bertz CT molecular complexity index is 1040. The van der Waals surface area contributed by atoms with Crippen molar-refractivity contribution in [3.8, 4) is 16.9 Å². The normalized spacial score (nSPS) is 12.6. The molecule has 3 aromatic carbocycles. The summed E-state index contributed by atoms with van der Waals surface area (Å²) in [7, 11) is 0.342. The number of methoxy groups -OCH3 is 1. The van der Waals surface area contributed by atoms with Crippen LogP contribution >= 0.6 is 0 Å². The molecule has 0 aliphatic carbocycles. The first kappa shape index (κ1) is 18.2. The van der Waals surface area contributed by atoms with E-state index in [1.165, 1.54) is 19.2 Å². The maximum Gasteiger partial charge on any atom is 0.491 e. The molecule has 0 unspecified atom stereocenters. The summed E-state index contributed by atoms with van der Waals surface area (Å²) < 4.78 is 24.8. The van der Waals surface area contributed by atoms with E-state index in [9.17, 15) is 14.2 Å². The summed E-state index contributed by atoms with van der Waals surface area (Å²) in [6.45, 7) is 0.113. The Balaban J connectivity index is 1.67. The number of fused-ring (bicyclic) bond motifs is 1. The molecule has 28 heavy (non-hydrogen) atoms. The van der Waals surface area contributed by atoms with E-state index in [1.54, 1.807) is 12.1 Å². The molecule has 0 bridgehead atoms. The molecular formula is C21H17BFNO4. The minimum atomic E-state index is -1.15. The first-order valence-electron chi connectivity index (χ1n) is 8.73. The van der Waals surface area contributed by atoms with Gasteiger partial charge >= 0.3 is 7.12 Å². The fraction of sp³-hybridized carbons (Fsp3) is 0.0952. The lowest BCUT2D eigenvalue weighted by Gasteiger charge is -2.13. The van der Waals surface area contributed by atoms with Crippen LogP contribution in [0.1, 0.15) is 15.9 Å². The predicted octanol–water partition coefficient (Wildman–Crippen LogP) is 2.97. The van der Waals surface area contributed by atoms with Crippen LogP contribution in [-0.4, -0.2) is 25.2 Å². The average Bonchev–Trinajstić information content (AvgIpc) is 3.07. The van der Waals surface area contributed by atoms with Crippen LogP contribution < -0.4 is 15.5 Å². The molecule has 0 aromatic heterocycles. The molecule has 2 N–H and O–H groups in total. The Morgan fingerprint density at radius 1 is 1.14 bits per heavy atom. The molecule has 4 rings (SSSR count). The van der Waals surface area contributed by atoms with Crippen molar-refractivity contribution < 1.29 is 23.6 Å². The van der Waals surface area contributed by atoms with Crippen LogP contribution in [0.25, 0.3) is 11.1 Å². The van der Waals surface area contributed by atoms with Gasteiger partial charge in [0, 0.05) is 0 Å². The largest absolute Gasteiger partial charge is 0.495 e. The van der Waals surface area contributed by atoms with Crippen LogP contribution in [0.2, 0.25) is 0 Å². The second-order valence-electron chi connectivity index (χ2n) is 6.43. The lowest BCUT2D eigenvalue weighted by molar-refractivity contribution is 0.102. The number of anilines is 1. The molecule has 0 atom stereocenters. The number of amides is 1. The van der Waals surface area contributed by atoms with Crippen molar-refractivity contribution in [2.45, 2.75) is 6.61 Å². The number of carbonyl (C=O) groups excluding carboxylic acids is 1. The van der Waals surface area contributed by atoms with Gasteiger partial charge in [-0.1, -0.05) is 36.4 Å². The van der Waals surface area contributed by atoms with Gasteiger partial charge < -0.3 is 19.7 Å². The van der Waals surface area contributed by atoms with Gasteiger partial charge in [-0.25, -0.2) is 4.39 Å². The van der Waals surface area contributed by atoms with Gasteiger partial charge in [0.2, 0.25) is 0 Å². The molecule has 0 saturated heterocycles. The van der Waals surface area contributed by atoms with E-state index in [2.05, 4.69) is 5.32 Å². The second-order valence-corrected chi connectivity index (χ2v) is 6.43. The van der Waals surface area contributed by atoms with Gasteiger partial charge in [-0.3, -0.25) is 4.79 Å². The quantitative estimate of drug-likeness (QED) is 0.686. The van der Waals surface area contributed by atoms with Crippen LogP contribution in [0.5, 0.6) is 5.75 Å². The average molecular weight is 377 g/mol. The summed E-state index contributed by atoms with van der Waals surface area (Å²) in [6.07, 6.45) is 0. The molecule has 0 saturated carbocycles. The van der Waals surface area contributed by atoms with E-state index in [1.807, 2.05) is 36.4 Å².